The first kappa shape index (κ1) is 9.27. The Labute approximate surface area is 81.7 Å². The Morgan fingerprint density at radius 1 is 1.64 bits per heavy atom. The normalized spacial score (nSPS) is 20.6. The summed E-state index contributed by atoms with van der Waals surface area (Å²) in [4.78, 5) is 10.8. The van der Waals surface area contributed by atoms with Crippen LogP contribution in [0.1, 0.15) is 46.3 Å². The van der Waals surface area contributed by atoms with E-state index in [2.05, 4.69) is 0 Å². The molecule has 0 amide bonds. The van der Waals surface area contributed by atoms with Gasteiger partial charge < -0.3 is 15.3 Å². The van der Waals surface area contributed by atoms with Crippen molar-refractivity contribution in [2.75, 3.05) is 0 Å². The van der Waals surface area contributed by atoms with Crippen LogP contribution in [0.4, 0.5) is 0 Å². The second-order valence-electron chi connectivity index (χ2n) is 3.70. The molecule has 0 fully saturated rings. The molecule has 1 aliphatic rings. The molecule has 0 saturated carbocycles. The Hall–Kier alpha value is -1.29. The van der Waals surface area contributed by atoms with Crippen molar-refractivity contribution < 1.29 is 14.3 Å². The molecule has 0 radical (unpaired) electrons. The Balaban J connectivity index is 2.55. The van der Waals surface area contributed by atoms with Gasteiger partial charge in [0.05, 0.1) is 0 Å². The highest BCUT2D eigenvalue weighted by Crippen LogP contribution is 2.34. The van der Waals surface area contributed by atoms with E-state index in [1.54, 1.807) is 6.92 Å². The van der Waals surface area contributed by atoms with Gasteiger partial charge in [0.2, 0.25) is 5.76 Å². The van der Waals surface area contributed by atoms with Gasteiger partial charge in [-0.15, -0.1) is 0 Å². The smallest absolute Gasteiger partial charge is 0.372 e. The van der Waals surface area contributed by atoms with Crippen LogP contribution in [0.3, 0.4) is 0 Å². The van der Waals surface area contributed by atoms with Gasteiger partial charge in [0.15, 0.2) is 0 Å². The van der Waals surface area contributed by atoms with Crippen molar-refractivity contribution in [3.63, 3.8) is 0 Å². The van der Waals surface area contributed by atoms with Crippen LogP contribution in [0.5, 0.6) is 0 Å². The summed E-state index contributed by atoms with van der Waals surface area (Å²) in [5.74, 6) is -0.199. The first-order valence-electron chi connectivity index (χ1n) is 4.72. The van der Waals surface area contributed by atoms with Gasteiger partial charge in [-0.1, -0.05) is 0 Å². The molecule has 0 saturated heterocycles. The predicted octanol–water partition coefficient (Wildman–Crippen LogP) is 1.62. The zero-order valence-electron chi connectivity index (χ0n) is 8.04. The van der Waals surface area contributed by atoms with Gasteiger partial charge in [-0.25, -0.2) is 4.79 Å². The molecule has 0 bridgehead atoms. The van der Waals surface area contributed by atoms with E-state index in [-0.39, 0.29) is 11.8 Å². The zero-order chi connectivity index (χ0) is 10.3. The minimum absolute atomic E-state index is 0.0485. The number of carboxylic acids is 1. The summed E-state index contributed by atoms with van der Waals surface area (Å²) >= 11 is 0. The molecule has 1 aliphatic carbocycles. The Morgan fingerprint density at radius 2 is 2.36 bits per heavy atom. The Morgan fingerprint density at radius 3 is 2.93 bits per heavy atom. The molecule has 76 valence electrons. The van der Waals surface area contributed by atoms with Crippen LogP contribution in [0.2, 0.25) is 0 Å². The van der Waals surface area contributed by atoms with Crippen LogP contribution in [-0.2, 0) is 6.42 Å². The Kier molecular flexibility index (Phi) is 2.07. The highest BCUT2D eigenvalue weighted by atomic mass is 16.4. The number of fused-ring (bicyclic) bond motifs is 1. The number of rotatable bonds is 1. The van der Waals surface area contributed by atoms with Crippen molar-refractivity contribution in [1.29, 1.82) is 0 Å². The van der Waals surface area contributed by atoms with Gasteiger partial charge in [0, 0.05) is 23.6 Å². The number of nitrogens with two attached hydrogens (primary N) is 1. The van der Waals surface area contributed by atoms with Crippen molar-refractivity contribution >= 4 is 5.97 Å². The number of hydrogen-bond acceptors (Lipinski definition) is 3. The van der Waals surface area contributed by atoms with E-state index in [1.807, 2.05) is 0 Å². The number of carboxylic acid groups (broad SMARTS) is 1. The van der Waals surface area contributed by atoms with E-state index in [4.69, 9.17) is 15.3 Å². The average molecular weight is 195 g/mol. The molecule has 1 aromatic rings. The molecule has 1 aromatic heterocycles. The maximum atomic E-state index is 10.8. The standard InChI is InChI=1S/C10H13NO3/c1-5-8-6(11)3-2-4-7(8)14-9(5)10(12)13/h6H,2-4,11H2,1H3,(H,12,13)/t6-/m1/s1. The van der Waals surface area contributed by atoms with E-state index >= 15 is 0 Å². The highest BCUT2D eigenvalue weighted by molar-refractivity contribution is 5.86. The zero-order valence-corrected chi connectivity index (χ0v) is 8.04. The summed E-state index contributed by atoms with van der Waals surface area (Å²) in [6, 6.07) is -0.0596. The second-order valence-corrected chi connectivity index (χ2v) is 3.70. The van der Waals surface area contributed by atoms with Crippen molar-refractivity contribution in [3.05, 3.63) is 22.6 Å². The molecule has 0 spiro atoms. The monoisotopic (exact) mass is 195 g/mol. The van der Waals surface area contributed by atoms with Gasteiger partial charge in [0.1, 0.15) is 5.76 Å². The molecule has 14 heavy (non-hydrogen) atoms. The summed E-state index contributed by atoms with van der Waals surface area (Å²) in [5, 5.41) is 8.87. The lowest BCUT2D eigenvalue weighted by Gasteiger charge is -2.17. The third-order valence-corrected chi connectivity index (χ3v) is 2.75. The van der Waals surface area contributed by atoms with Gasteiger partial charge in [-0.2, -0.15) is 0 Å². The van der Waals surface area contributed by atoms with Crippen LogP contribution in [0.25, 0.3) is 0 Å². The van der Waals surface area contributed by atoms with Crippen LogP contribution in [-0.4, -0.2) is 11.1 Å². The number of carbonyl (C=O) groups is 1. The fraction of sp³-hybridized carbons (Fsp3) is 0.500. The minimum Gasteiger partial charge on any atom is -0.475 e. The summed E-state index contributed by atoms with van der Waals surface area (Å²) in [6.45, 7) is 1.76. The molecule has 4 nitrogen and oxygen atoms in total. The van der Waals surface area contributed by atoms with E-state index in [0.717, 1.165) is 30.6 Å². The van der Waals surface area contributed by atoms with Gasteiger partial charge in [-0.05, 0) is 19.8 Å². The van der Waals surface area contributed by atoms with E-state index < -0.39 is 5.97 Å². The molecular formula is C10H13NO3. The number of aromatic carboxylic acids is 1. The van der Waals surface area contributed by atoms with E-state index in [1.165, 1.54) is 0 Å². The lowest BCUT2D eigenvalue weighted by atomic mass is 9.91. The molecule has 4 heteroatoms. The van der Waals surface area contributed by atoms with Crippen molar-refractivity contribution in [2.24, 2.45) is 5.73 Å². The Bertz CT molecular complexity index is 381. The van der Waals surface area contributed by atoms with Gasteiger partial charge in [0.25, 0.3) is 0 Å². The lowest BCUT2D eigenvalue weighted by Crippen LogP contribution is -2.16. The summed E-state index contributed by atoms with van der Waals surface area (Å²) in [7, 11) is 0. The summed E-state index contributed by atoms with van der Waals surface area (Å²) in [6.07, 6.45) is 2.68. The SMILES string of the molecule is Cc1c(C(=O)O)oc2c1[C@H](N)CCC2. The number of furan rings is 1. The van der Waals surface area contributed by atoms with Crippen LogP contribution >= 0.6 is 0 Å². The largest absolute Gasteiger partial charge is 0.475 e. The molecular weight excluding hydrogens is 182 g/mol. The van der Waals surface area contributed by atoms with E-state index in [9.17, 15) is 4.79 Å². The second kappa shape index (κ2) is 3.13. The molecule has 1 atom stereocenters. The predicted molar refractivity (Wildman–Crippen MR) is 50.3 cm³/mol. The molecule has 2 rings (SSSR count). The first-order valence-corrected chi connectivity index (χ1v) is 4.72. The van der Waals surface area contributed by atoms with Crippen molar-refractivity contribution in [2.45, 2.75) is 32.2 Å². The van der Waals surface area contributed by atoms with Crippen LogP contribution in [0, 0.1) is 6.92 Å². The number of aryl methyl sites for hydroxylation is 1. The summed E-state index contributed by atoms with van der Waals surface area (Å²) in [5.41, 5.74) is 7.51. The van der Waals surface area contributed by atoms with E-state index in [0.29, 0.717) is 5.56 Å². The maximum absolute atomic E-state index is 10.8. The molecule has 3 N–H and O–H groups in total. The third-order valence-electron chi connectivity index (χ3n) is 2.75. The van der Waals surface area contributed by atoms with Crippen LogP contribution < -0.4 is 5.73 Å². The average Bonchev–Trinajstić information content (AvgIpc) is 2.45. The molecule has 0 aliphatic heterocycles. The first-order chi connectivity index (χ1) is 6.61. The number of hydrogen-bond donors (Lipinski definition) is 2. The quantitative estimate of drug-likeness (QED) is 0.713. The fourth-order valence-corrected chi connectivity index (χ4v) is 2.09. The molecule has 1 heterocycles. The highest BCUT2D eigenvalue weighted by Gasteiger charge is 2.27. The summed E-state index contributed by atoms with van der Waals surface area (Å²) < 4.78 is 5.29. The molecule has 0 unspecified atom stereocenters. The molecule has 0 aromatic carbocycles. The topological polar surface area (TPSA) is 76.5 Å². The third kappa shape index (κ3) is 1.23. The van der Waals surface area contributed by atoms with Gasteiger partial charge >= 0.3 is 5.97 Å². The van der Waals surface area contributed by atoms with Crippen molar-refractivity contribution in [3.8, 4) is 0 Å². The fourth-order valence-electron chi connectivity index (χ4n) is 2.09. The van der Waals surface area contributed by atoms with Crippen LogP contribution in [0.15, 0.2) is 4.42 Å². The lowest BCUT2D eigenvalue weighted by molar-refractivity contribution is 0.0659. The van der Waals surface area contributed by atoms with Gasteiger partial charge in [-0.3, -0.25) is 0 Å². The minimum atomic E-state index is -1.01. The maximum Gasteiger partial charge on any atom is 0.372 e. The van der Waals surface area contributed by atoms with Crippen molar-refractivity contribution in [1.82, 2.24) is 0 Å².